The van der Waals surface area contributed by atoms with Crippen molar-refractivity contribution in [1.82, 2.24) is 10.2 Å². The third-order valence-electron chi connectivity index (χ3n) is 3.69. The Morgan fingerprint density at radius 2 is 1.71 bits per heavy atom. The lowest BCUT2D eigenvalue weighted by atomic mass is 10.2. The molecule has 0 aliphatic rings. The molecule has 2 aromatic carbocycles. The number of carbonyl (C=O) groups is 1. The van der Waals surface area contributed by atoms with Gasteiger partial charge in [0, 0.05) is 23.4 Å². The molecule has 0 bridgehead atoms. The molecular weight excluding hydrogens is 382 g/mol. The molecule has 3 rings (SSSR count). The fourth-order valence-electron chi connectivity index (χ4n) is 2.34. The molecule has 0 aliphatic heterocycles. The molecule has 0 unspecified atom stereocenters. The largest absolute Gasteiger partial charge is 0.497 e. The minimum absolute atomic E-state index is 0.125. The monoisotopic (exact) mass is 401 g/mol. The van der Waals surface area contributed by atoms with E-state index in [2.05, 4.69) is 15.5 Å². The van der Waals surface area contributed by atoms with Gasteiger partial charge in [0.2, 0.25) is 11.8 Å². The highest BCUT2D eigenvalue weighted by Gasteiger charge is 2.13. The molecule has 0 spiro atoms. The van der Waals surface area contributed by atoms with Gasteiger partial charge in [0.15, 0.2) is 0 Å². The third kappa shape index (κ3) is 4.95. The van der Waals surface area contributed by atoms with E-state index in [0.29, 0.717) is 34.4 Å². The van der Waals surface area contributed by atoms with E-state index in [1.807, 2.05) is 0 Å². The zero-order valence-electron chi connectivity index (χ0n) is 15.6. The minimum atomic E-state index is -0.193. The molecule has 0 aliphatic carbocycles. The fourth-order valence-corrected chi connectivity index (χ4v) is 2.90. The molecule has 0 saturated heterocycles. The number of ether oxygens (including phenoxy) is 3. The molecule has 146 valence electrons. The SMILES string of the molecule is COc1cccc(NC(=O)CSc2nnc(-c3cc(OC)cc(OC)c3)o2)c1. The van der Waals surface area contributed by atoms with Crippen LogP contribution >= 0.6 is 11.8 Å². The number of nitrogens with one attached hydrogen (secondary N) is 1. The topological polar surface area (TPSA) is 95.7 Å². The van der Waals surface area contributed by atoms with E-state index in [1.54, 1.807) is 63.8 Å². The summed E-state index contributed by atoms with van der Waals surface area (Å²) in [6.45, 7) is 0. The second-order valence-corrected chi connectivity index (χ2v) is 6.47. The van der Waals surface area contributed by atoms with Gasteiger partial charge in [-0.1, -0.05) is 17.8 Å². The summed E-state index contributed by atoms with van der Waals surface area (Å²) in [6.07, 6.45) is 0. The summed E-state index contributed by atoms with van der Waals surface area (Å²) in [5, 5.41) is 11.1. The third-order valence-corrected chi connectivity index (χ3v) is 4.50. The number of aromatic nitrogens is 2. The fraction of sp³-hybridized carbons (Fsp3) is 0.211. The lowest BCUT2D eigenvalue weighted by Crippen LogP contribution is -2.13. The van der Waals surface area contributed by atoms with Gasteiger partial charge in [0.1, 0.15) is 17.2 Å². The smallest absolute Gasteiger partial charge is 0.277 e. The molecule has 1 heterocycles. The molecule has 1 aromatic heterocycles. The number of hydrogen-bond donors (Lipinski definition) is 1. The Balaban J connectivity index is 1.62. The number of methoxy groups -OCH3 is 3. The molecule has 28 heavy (non-hydrogen) atoms. The van der Waals surface area contributed by atoms with Crippen LogP contribution in [0.1, 0.15) is 0 Å². The number of carbonyl (C=O) groups excluding carboxylic acids is 1. The van der Waals surface area contributed by atoms with Crippen molar-refractivity contribution in [1.29, 1.82) is 0 Å². The molecule has 0 atom stereocenters. The van der Waals surface area contributed by atoms with Gasteiger partial charge in [-0.3, -0.25) is 4.79 Å². The highest BCUT2D eigenvalue weighted by molar-refractivity contribution is 7.99. The van der Waals surface area contributed by atoms with E-state index in [4.69, 9.17) is 18.6 Å². The van der Waals surface area contributed by atoms with Crippen LogP contribution in [0.4, 0.5) is 5.69 Å². The molecule has 1 N–H and O–H groups in total. The van der Waals surface area contributed by atoms with Crippen molar-refractivity contribution in [3.63, 3.8) is 0 Å². The predicted octanol–water partition coefficient (Wildman–Crippen LogP) is 3.49. The standard InChI is InChI=1S/C19H19N3O5S/c1-24-14-6-4-5-13(9-14)20-17(23)11-28-19-22-21-18(27-19)12-7-15(25-2)10-16(8-12)26-3/h4-10H,11H2,1-3H3,(H,20,23). The van der Waals surface area contributed by atoms with Gasteiger partial charge in [-0.2, -0.15) is 0 Å². The number of benzene rings is 2. The number of anilines is 1. The van der Waals surface area contributed by atoms with Crippen LogP contribution in [0.3, 0.4) is 0 Å². The average molecular weight is 401 g/mol. The summed E-state index contributed by atoms with van der Waals surface area (Å²) < 4.78 is 21.3. The Labute approximate surface area is 166 Å². The van der Waals surface area contributed by atoms with Crippen LogP contribution < -0.4 is 19.5 Å². The van der Waals surface area contributed by atoms with Crippen molar-refractivity contribution >= 4 is 23.4 Å². The highest BCUT2D eigenvalue weighted by atomic mass is 32.2. The van der Waals surface area contributed by atoms with Gasteiger partial charge in [0.25, 0.3) is 5.22 Å². The number of hydrogen-bond acceptors (Lipinski definition) is 8. The Morgan fingerprint density at radius 1 is 1.00 bits per heavy atom. The second-order valence-electron chi connectivity index (χ2n) is 5.54. The van der Waals surface area contributed by atoms with E-state index in [0.717, 1.165) is 11.8 Å². The first-order valence-electron chi connectivity index (χ1n) is 8.25. The number of thioether (sulfide) groups is 1. The van der Waals surface area contributed by atoms with Gasteiger partial charge in [-0.05, 0) is 24.3 Å². The second kappa shape index (κ2) is 9.14. The first-order chi connectivity index (χ1) is 13.6. The first-order valence-corrected chi connectivity index (χ1v) is 9.23. The van der Waals surface area contributed by atoms with Crippen molar-refractivity contribution < 1.29 is 23.4 Å². The van der Waals surface area contributed by atoms with Crippen LogP contribution in [-0.2, 0) is 4.79 Å². The van der Waals surface area contributed by atoms with Crippen LogP contribution in [0.2, 0.25) is 0 Å². The minimum Gasteiger partial charge on any atom is -0.497 e. The first kappa shape index (κ1) is 19.6. The molecule has 8 nitrogen and oxygen atoms in total. The summed E-state index contributed by atoms with van der Waals surface area (Å²) in [4.78, 5) is 12.1. The predicted molar refractivity (Wildman–Crippen MR) is 105 cm³/mol. The van der Waals surface area contributed by atoms with Crippen LogP contribution in [0.15, 0.2) is 52.1 Å². The van der Waals surface area contributed by atoms with Gasteiger partial charge in [0.05, 0.1) is 27.1 Å². The average Bonchev–Trinajstić information content (AvgIpc) is 3.21. The molecule has 0 saturated carbocycles. The Bertz CT molecular complexity index is 938. The highest BCUT2D eigenvalue weighted by Crippen LogP contribution is 2.30. The van der Waals surface area contributed by atoms with Crippen LogP contribution in [0, 0.1) is 0 Å². The summed E-state index contributed by atoms with van der Waals surface area (Å²) in [7, 11) is 4.70. The quantitative estimate of drug-likeness (QED) is 0.573. The summed E-state index contributed by atoms with van der Waals surface area (Å²) in [5.74, 6) is 2.13. The Kier molecular flexibility index (Phi) is 6.38. The van der Waals surface area contributed by atoms with Gasteiger partial charge in [-0.25, -0.2) is 0 Å². The van der Waals surface area contributed by atoms with Crippen LogP contribution in [0.25, 0.3) is 11.5 Å². The molecule has 3 aromatic rings. The van der Waals surface area contributed by atoms with Crippen molar-refractivity contribution in [2.45, 2.75) is 5.22 Å². The van der Waals surface area contributed by atoms with Crippen LogP contribution in [-0.4, -0.2) is 43.2 Å². The maximum atomic E-state index is 12.1. The molecule has 1 amide bonds. The van der Waals surface area contributed by atoms with Gasteiger partial charge < -0.3 is 23.9 Å². The zero-order chi connectivity index (χ0) is 19.9. The molecular formula is C19H19N3O5S. The van der Waals surface area contributed by atoms with E-state index in [-0.39, 0.29) is 16.9 Å². The zero-order valence-corrected chi connectivity index (χ0v) is 16.4. The van der Waals surface area contributed by atoms with E-state index >= 15 is 0 Å². The molecule has 0 fully saturated rings. The Hall–Kier alpha value is -3.20. The number of rotatable bonds is 8. The van der Waals surface area contributed by atoms with Crippen molar-refractivity contribution in [3.05, 3.63) is 42.5 Å². The summed E-state index contributed by atoms with van der Waals surface area (Å²) in [6, 6.07) is 12.4. The maximum absolute atomic E-state index is 12.1. The molecule has 9 heteroatoms. The van der Waals surface area contributed by atoms with Crippen molar-refractivity contribution in [2.75, 3.05) is 32.4 Å². The normalized spacial score (nSPS) is 10.4. The lowest BCUT2D eigenvalue weighted by Gasteiger charge is -2.06. The van der Waals surface area contributed by atoms with Gasteiger partial charge >= 0.3 is 0 Å². The van der Waals surface area contributed by atoms with Crippen molar-refractivity contribution in [3.8, 4) is 28.7 Å². The molecule has 0 radical (unpaired) electrons. The lowest BCUT2D eigenvalue weighted by molar-refractivity contribution is -0.113. The maximum Gasteiger partial charge on any atom is 0.277 e. The van der Waals surface area contributed by atoms with E-state index < -0.39 is 0 Å². The van der Waals surface area contributed by atoms with E-state index in [9.17, 15) is 4.79 Å². The summed E-state index contributed by atoms with van der Waals surface area (Å²) >= 11 is 1.15. The van der Waals surface area contributed by atoms with Crippen molar-refractivity contribution in [2.24, 2.45) is 0 Å². The van der Waals surface area contributed by atoms with Gasteiger partial charge in [-0.15, -0.1) is 10.2 Å². The van der Waals surface area contributed by atoms with Crippen LogP contribution in [0.5, 0.6) is 17.2 Å². The summed E-state index contributed by atoms with van der Waals surface area (Å²) in [5.41, 5.74) is 1.32. The Morgan fingerprint density at radius 3 is 2.39 bits per heavy atom. The van der Waals surface area contributed by atoms with E-state index in [1.165, 1.54) is 0 Å². The number of nitrogens with zero attached hydrogens (tertiary/aromatic N) is 2. The number of amides is 1.